The van der Waals surface area contributed by atoms with Gasteiger partial charge in [-0.25, -0.2) is 0 Å². The Hall–Kier alpha value is -1.10. The first-order chi connectivity index (χ1) is 8.61. The summed E-state index contributed by atoms with van der Waals surface area (Å²) < 4.78 is 5.66. The Morgan fingerprint density at radius 2 is 1.28 bits per heavy atom. The van der Waals surface area contributed by atoms with Crippen LogP contribution in [0.4, 0.5) is 0 Å². The SMILES string of the molecule is CC=COC(C=CC)(C=CC)C(CO)(CO)CO. The van der Waals surface area contributed by atoms with E-state index in [1.807, 2.05) is 13.8 Å². The summed E-state index contributed by atoms with van der Waals surface area (Å²) in [7, 11) is 0. The highest BCUT2D eigenvalue weighted by molar-refractivity contribution is 5.23. The molecule has 4 nitrogen and oxygen atoms in total. The van der Waals surface area contributed by atoms with E-state index in [9.17, 15) is 15.3 Å². The number of ether oxygens (including phenoxy) is 1. The highest BCUT2D eigenvalue weighted by Gasteiger charge is 2.49. The summed E-state index contributed by atoms with van der Waals surface area (Å²) >= 11 is 0. The Kier molecular flexibility index (Phi) is 7.59. The molecule has 4 heteroatoms. The zero-order valence-corrected chi connectivity index (χ0v) is 11.3. The van der Waals surface area contributed by atoms with Gasteiger partial charge in [-0.2, -0.15) is 0 Å². The Labute approximate surface area is 109 Å². The summed E-state index contributed by atoms with van der Waals surface area (Å²) in [5.74, 6) is 0. The maximum absolute atomic E-state index is 9.57. The summed E-state index contributed by atoms with van der Waals surface area (Å²) in [6, 6.07) is 0. The van der Waals surface area contributed by atoms with Crippen LogP contribution in [-0.2, 0) is 4.74 Å². The van der Waals surface area contributed by atoms with Crippen LogP contribution >= 0.6 is 0 Å². The van der Waals surface area contributed by atoms with Gasteiger partial charge >= 0.3 is 0 Å². The topological polar surface area (TPSA) is 69.9 Å². The standard InChI is InChI=1S/C14H24O4/c1-4-7-14(8-5-2,18-9-6-3)13(10-15,11-16)12-17/h4-9,15-17H,10-12H2,1-3H3. The minimum absolute atomic E-state index is 0.397. The van der Waals surface area contributed by atoms with Crippen LogP contribution in [0, 0.1) is 5.41 Å². The summed E-state index contributed by atoms with van der Waals surface area (Å²) in [6.45, 7) is 4.24. The molecule has 0 heterocycles. The molecule has 0 aromatic rings. The van der Waals surface area contributed by atoms with Gasteiger partial charge in [-0.1, -0.05) is 18.2 Å². The van der Waals surface area contributed by atoms with Crippen molar-refractivity contribution in [3.8, 4) is 0 Å². The Bertz CT molecular complexity index is 281. The van der Waals surface area contributed by atoms with Gasteiger partial charge in [0.2, 0.25) is 0 Å². The van der Waals surface area contributed by atoms with Crippen LogP contribution in [0.2, 0.25) is 0 Å². The molecule has 0 aromatic heterocycles. The third kappa shape index (κ3) is 3.22. The van der Waals surface area contributed by atoms with Gasteiger partial charge in [-0.05, 0) is 32.9 Å². The van der Waals surface area contributed by atoms with E-state index in [-0.39, 0.29) is 0 Å². The Morgan fingerprint density at radius 3 is 1.56 bits per heavy atom. The summed E-state index contributed by atoms with van der Waals surface area (Å²) in [5.41, 5.74) is -2.27. The molecular weight excluding hydrogens is 232 g/mol. The van der Waals surface area contributed by atoms with Gasteiger partial charge in [0.1, 0.15) is 0 Å². The molecule has 0 aromatic carbocycles. The zero-order valence-electron chi connectivity index (χ0n) is 11.3. The molecule has 0 rings (SSSR count). The number of aliphatic hydroxyl groups excluding tert-OH is 3. The van der Waals surface area contributed by atoms with E-state index in [1.165, 1.54) is 6.26 Å². The van der Waals surface area contributed by atoms with Crippen molar-refractivity contribution >= 4 is 0 Å². The molecule has 0 saturated carbocycles. The number of aliphatic hydroxyl groups is 3. The second kappa shape index (κ2) is 8.08. The summed E-state index contributed by atoms with van der Waals surface area (Å²) in [5, 5.41) is 28.7. The molecule has 0 aliphatic rings. The average molecular weight is 256 g/mol. The lowest BCUT2D eigenvalue weighted by atomic mass is 9.72. The van der Waals surface area contributed by atoms with Crippen LogP contribution < -0.4 is 0 Å². The molecule has 18 heavy (non-hydrogen) atoms. The van der Waals surface area contributed by atoms with Gasteiger partial charge in [0.25, 0.3) is 0 Å². The molecule has 3 N–H and O–H groups in total. The molecule has 0 unspecified atom stereocenters. The molecular formula is C14H24O4. The summed E-state index contributed by atoms with van der Waals surface area (Å²) in [4.78, 5) is 0. The van der Waals surface area contributed by atoms with Crippen molar-refractivity contribution in [1.82, 2.24) is 0 Å². The van der Waals surface area contributed by atoms with Crippen molar-refractivity contribution < 1.29 is 20.1 Å². The molecule has 0 aliphatic carbocycles. The average Bonchev–Trinajstić information content (AvgIpc) is 2.39. The second-order valence-electron chi connectivity index (χ2n) is 4.14. The Balaban J connectivity index is 5.77. The van der Waals surface area contributed by atoms with Crippen molar-refractivity contribution in [3.05, 3.63) is 36.6 Å². The van der Waals surface area contributed by atoms with Crippen molar-refractivity contribution in [3.63, 3.8) is 0 Å². The molecule has 0 bridgehead atoms. The quantitative estimate of drug-likeness (QED) is 0.453. The van der Waals surface area contributed by atoms with Crippen LogP contribution in [0.25, 0.3) is 0 Å². The third-order valence-corrected chi connectivity index (χ3v) is 2.96. The third-order valence-electron chi connectivity index (χ3n) is 2.96. The number of hydrogen-bond acceptors (Lipinski definition) is 4. The maximum Gasteiger partial charge on any atom is 0.157 e. The van der Waals surface area contributed by atoms with Gasteiger partial charge in [-0.15, -0.1) is 0 Å². The van der Waals surface area contributed by atoms with E-state index in [0.29, 0.717) is 0 Å². The lowest BCUT2D eigenvalue weighted by Crippen LogP contribution is -2.54. The first kappa shape index (κ1) is 16.9. The minimum atomic E-state index is -1.19. The second-order valence-corrected chi connectivity index (χ2v) is 4.14. The Morgan fingerprint density at radius 1 is 0.833 bits per heavy atom. The lowest BCUT2D eigenvalue weighted by Gasteiger charge is -2.43. The van der Waals surface area contributed by atoms with Crippen LogP contribution in [0.1, 0.15) is 20.8 Å². The summed E-state index contributed by atoms with van der Waals surface area (Å²) in [6.07, 6.45) is 10.2. The van der Waals surface area contributed by atoms with E-state index >= 15 is 0 Å². The van der Waals surface area contributed by atoms with Gasteiger partial charge in [0.05, 0.1) is 31.5 Å². The van der Waals surface area contributed by atoms with Crippen LogP contribution in [0.5, 0.6) is 0 Å². The molecule has 0 amide bonds. The van der Waals surface area contributed by atoms with E-state index in [2.05, 4.69) is 0 Å². The van der Waals surface area contributed by atoms with E-state index in [4.69, 9.17) is 4.74 Å². The number of rotatable bonds is 8. The molecule has 104 valence electrons. The van der Waals surface area contributed by atoms with Crippen LogP contribution in [0.15, 0.2) is 36.6 Å². The fourth-order valence-corrected chi connectivity index (χ4v) is 1.81. The van der Waals surface area contributed by atoms with Crippen LogP contribution in [-0.4, -0.2) is 40.7 Å². The first-order valence-corrected chi connectivity index (χ1v) is 6.01. The van der Waals surface area contributed by atoms with Gasteiger partial charge in [0, 0.05) is 0 Å². The molecule has 0 spiro atoms. The maximum atomic E-state index is 9.57. The zero-order chi connectivity index (χ0) is 14.1. The largest absolute Gasteiger partial charge is 0.486 e. The van der Waals surface area contributed by atoms with Gasteiger partial charge in [0.15, 0.2) is 5.60 Å². The highest BCUT2D eigenvalue weighted by atomic mass is 16.5. The van der Waals surface area contributed by atoms with Crippen molar-refractivity contribution in [2.24, 2.45) is 5.41 Å². The molecule has 0 saturated heterocycles. The van der Waals surface area contributed by atoms with Crippen molar-refractivity contribution in [2.75, 3.05) is 19.8 Å². The predicted octanol–water partition coefficient (Wildman–Crippen LogP) is 1.39. The fourth-order valence-electron chi connectivity index (χ4n) is 1.81. The smallest absolute Gasteiger partial charge is 0.157 e. The van der Waals surface area contributed by atoms with Crippen LogP contribution in [0.3, 0.4) is 0 Å². The van der Waals surface area contributed by atoms with Gasteiger partial charge in [-0.3, -0.25) is 0 Å². The fraction of sp³-hybridized carbons (Fsp3) is 0.571. The number of allylic oxidation sites excluding steroid dienone is 3. The minimum Gasteiger partial charge on any atom is -0.486 e. The monoisotopic (exact) mass is 256 g/mol. The molecule has 0 atom stereocenters. The number of hydrogen-bond donors (Lipinski definition) is 3. The molecule has 0 aliphatic heterocycles. The highest BCUT2D eigenvalue weighted by Crippen LogP contribution is 2.37. The van der Waals surface area contributed by atoms with Crippen molar-refractivity contribution in [1.29, 1.82) is 0 Å². The molecule has 0 fully saturated rings. The molecule has 0 radical (unpaired) electrons. The van der Waals surface area contributed by atoms with Gasteiger partial charge < -0.3 is 20.1 Å². The van der Waals surface area contributed by atoms with E-state index < -0.39 is 30.8 Å². The normalized spacial score (nSPS) is 16.8. The lowest BCUT2D eigenvalue weighted by molar-refractivity contribution is -0.107. The van der Waals surface area contributed by atoms with E-state index in [1.54, 1.807) is 37.3 Å². The van der Waals surface area contributed by atoms with Crippen molar-refractivity contribution in [2.45, 2.75) is 26.4 Å². The first-order valence-electron chi connectivity index (χ1n) is 6.01. The predicted molar refractivity (Wildman–Crippen MR) is 71.9 cm³/mol. The van der Waals surface area contributed by atoms with E-state index in [0.717, 1.165) is 0 Å².